The molecule has 0 aliphatic carbocycles. The molecule has 12 heteroatoms. The van der Waals surface area contributed by atoms with Gasteiger partial charge in [-0.2, -0.15) is 4.98 Å². The van der Waals surface area contributed by atoms with Crippen molar-refractivity contribution in [2.75, 3.05) is 11.9 Å². The molecular weight excluding hydrogens is 453 g/mol. The van der Waals surface area contributed by atoms with E-state index in [0.717, 1.165) is 17.7 Å². The number of aliphatic hydroxyl groups excluding tert-OH is 1. The number of anilines is 1. The van der Waals surface area contributed by atoms with E-state index in [1.165, 1.54) is 28.6 Å². The first-order valence-corrected chi connectivity index (χ1v) is 9.59. The van der Waals surface area contributed by atoms with Crippen LogP contribution in [0.25, 0.3) is 0 Å². The van der Waals surface area contributed by atoms with Crippen LogP contribution in [0.2, 0.25) is 5.02 Å². The molecule has 1 atom stereocenters. The summed E-state index contributed by atoms with van der Waals surface area (Å²) < 4.78 is 48.8. The van der Waals surface area contributed by atoms with Crippen LogP contribution in [0.1, 0.15) is 16.1 Å². The van der Waals surface area contributed by atoms with Crippen molar-refractivity contribution in [3.8, 4) is 17.5 Å². The Morgan fingerprint density at radius 2 is 1.88 bits per heavy atom. The quantitative estimate of drug-likeness (QED) is 0.593. The van der Waals surface area contributed by atoms with Crippen molar-refractivity contribution in [1.82, 2.24) is 14.9 Å². The number of carbonyl (C=O) groups is 1. The Morgan fingerprint density at radius 3 is 2.56 bits per heavy atom. The van der Waals surface area contributed by atoms with Gasteiger partial charge < -0.3 is 24.8 Å². The van der Waals surface area contributed by atoms with Crippen LogP contribution in [0.15, 0.2) is 48.5 Å². The number of alkyl halides is 3. The molecule has 1 aliphatic heterocycles. The van der Waals surface area contributed by atoms with Gasteiger partial charge in [-0.3, -0.25) is 9.36 Å². The summed E-state index contributed by atoms with van der Waals surface area (Å²) in [5, 5.41) is 12.9. The molecular formula is C20H16ClF3N4O4. The zero-order valence-electron chi connectivity index (χ0n) is 16.4. The molecule has 8 nitrogen and oxygen atoms in total. The number of hydrogen-bond acceptors (Lipinski definition) is 6. The summed E-state index contributed by atoms with van der Waals surface area (Å²) in [5.41, 5.74) is 0.876. The number of rotatable bonds is 5. The predicted molar refractivity (Wildman–Crippen MR) is 108 cm³/mol. The summed E-state index contributed by atoms with van der Waals surface area (Å²) in [7, 11) is 1.52. The van der Waals surface area contributed by atoms with Gasteiger partial charge in [-0.25, -0.2) is 0 Å². The van der Waals surface area contributed by atoms with Gasteiger partial charge >= 0.3 is 12.4 Å². The number of fused-ring (bicyclic) bond motifs is 1. The Bertz CT molecular complexity index is 1150. The molecule has 0 saturated carbocycles. The second-order valence-corrected chi connectivity index (χ2v) is 7.30. The zero-order chi connectivity index (χ0) is 23.0. The first-order chi connectivity index (χ1) is 15.1. The summed E-state index contributed by atoms with van der Waals surface area (Å²) in [5.74, 6) is -0.903. The molecule has 1 amide bonds. The molecule has 2 N–H and O–H groups in total. The summed E-state index contributed by atoms with van der Waals surface area (Å²) in [6.45, 7) is 0.144. The van der Waals surface area contributed by atoms with Gasteiger partial charge in [0.05, 0.1) is 6.54 Å². The standard InChI is InChI=1S/C20H16ClF3N4O4/c1-27-16-15(17(29)26-18(27)30)28(10-11-5-7-12(21)8-6-11)19(25-16)31-13-3-2-4-14(9-13)32-20(22,23)24/h2-9,18,30H,10H2,1H3,(H,26,29). The van der Waals surface area contributed by atoms with Crippen LogP contribution in [0.3, 0.4) is 0 Å². The van der Waals surface area contributed by atoms with Crippen molar-refractivity contribution in [1.29, 1.82) is 0 Å². The van der Waals surface area contributed by atoms with E-state index >= 15 is 0 Å². The molecule has 1 unspecified atom stereocenters. The smallest absolute Gasteiger partial charge is 0.425 e. The summed E-state index contributed by atoms with van der Waals surface area (Å²) >= 11 is 5.93. The maximum Gasteiger partial charge on any atom is 0.573 e. The van der Waals surface area contributed by atoms with Gasteiger partial charge in [-0.15, -0.1) is 13.2 Å². The molecule has 2 heterocycles. The van der Waals surface area contributed by atoms with E-state index in [4.69, 9.17) is 16.3 Å². The largest absolute Gasteiger partial charge is 0.573 e. The predicted octanol–water partition coefficient (Wildman–Crippen LogP) is 3.73. The van der Waals surface area contributed by atoms with Crippen LogP contribution in [-0.2, 0) is 6.54 Å². The minimum absolute atomic E-state index is 0.00932. The molecule has 0 radical (unpaired) electrons. The van der Waals surface area contributed by atoms with Crippen LogP contribution < -0.4 is 19.7 Å². The minimum Gasteiger partial charge on any atom is -0.425 e. The molecule has 3 aromatic rings. The maximum absolute atomic E-state index is 12.6. The number of aliphatic hydroxyl groups is 1. The van der Waals surface area contributed by atoms with Crippen LogP contribution >= 0.6 is 11.6 Å². The van der Waals surface area contributed by atoms with E-state index in [1.54, 1.807) is 24.3 Å². The summed E-state index contributed by atoms with van der Waals surface area (Å²) in [4.78, 5) is 18.2. The second-order valence-electron chi connectivity index (χ2n) is 6.86. The molecule has 0 bridgehead atoms. The number of nitrogens with zero attached hydrogens (tertiary/aromatic N) is 3. The second kappa shape index (κ2) is 8.24. The number of carbonyl (C=O) groups excluding carboxylic acids is 1. The van der Waals surface area contributed by atoms with Crippen molar-refractivity contribution >= 4 is 23.3 Å². The van der Waals surface area contributed by atoms with Gasteiger partial charge in [0.15, 0.2) is 11.5 Å². The normalized spacial score (nSPS) is 15.9. The van der Waals surface area contributed by atoms with Gasteiger partial charge in [0.2, 0.25) is 6.35 Å². The number of imidazole rings is 1. The van der Waals surface area contributed by atoms with Gasteiger partial charge in [-0.1, -0.05) is 29.8 Å². The lowest BCUT2D eigenvalue weighted by atomic mass is 10.2. The van der Waals surface area contributed by atoms with Crippen molar-refractivity contribution in [3.05, 3.63) is 64.8 Å². The van der Waals surface area contributed by atoms with Gasteiger partial charge in [0.1, 0.15) is 11.5 Å². The number of benzene rings is 2. The van der Waals surface area contributed by atoms with E-state index < -0.39 is 24.4 Å². The lowest BCUT2D eigenvalue weighted by molar-refractivity contribution is -0.274. The highest BCUT2D eigenvalue weighted by molar-refractivity contribution is 6.30. The van der Waals surface area contributed by atoms with Crippen molar-refractivity contribution in [2.45, 2.75) is 19.3 Å². The highest BCUT2D eigenvalue weighted by Gasteiger charge is 2.35. The molecule has 4 rings (SSSR count). The van der Waals surface area contributed by atoms with E-state index in [0.29, 0.717) is 5.02 Å². The SMILES string of the molecule is CN1c2nc(Oc3cccc(OC(F)(F)F)c3)n(Cc3ccc(Cl)cc3)c2C(=O)NC1O. The molecule has 32 heavy (non-hydrogen) atoms. The number of hydrogen-bond donors (Lipinski definition) is 2. The van der Waals surface area contributed by atoms with Crippen molar-refractivity contribution in [2.24, 2.45) is 0 Å². The Balaban J connectivity index is 1.74. The highest BCUT2D eigenvalue weighted by atomic mass is 35.5. The number of ether oxygens (including phenoxy) is 2. The fourth-order valence-electron chi connectivity index (χ4n) is 3.13. The molecule has 0 spiro atoms. The summed E-state index contributed by atoms with van der Waals surface area (Å²) in [6.07, 6.45) is -6.16. The third kappa shape index (κ3) is 4.58. The number of amides is 1. The topological polar surface area (TPSA) is 88.9 Å². The third-order valence-corrected chi connectivity index (χ3v) is 4.84. The van der Waals surface area contributed by atoms with Crippen LogP contribution in [0, 0.1) is 0 Å². The molecule has 168 valence electrons. The number of nitrogens with one attached hydrogen (secondary N) is 1. The molecule has 1 aromatic heterocycles. The van der Waals surface area contributed by atoms with Gasteiger partial charge in [0.25, 0.3) is 5.91 Å². The van der Waals surface area contributed by atoms with Crippen LogP contribution in [0.5, 0.6) is 17.5 Å². The monoisotopic (exact) mass is 468 g/mol. The maximum atomic E-state index is 12.6. The fourth-order valence-corrected chi connectivity index (χ4v) is 3.25. The number of aromatic nitrogens is 2. The van der Waals surface area contributed by atoms with Crippen molar-refractivity contribution in [3.63, 3.8) is 0 Å². The first-order valence-electron chi connectivity index (χ1n) is 9.21. The summed E-state index contributed by atoms with van der Waals surface area (Å²) in [6, 6.07) is 11.7. The zero-order valence-corrected chi connectivity index (χ0v) is 17.2. The Labute approximate surface area is 184 Å². The first kappa shape index (κ1) is 21.8. The average molecular weight is 469 g/mol. The van der Waals surface area contributed by atoms with Crippen LogP contribution in [0.4, 0.5) is 19.0 Å². The third-order valence-electron chi connectivity index (χ3n) is 4.59. The van der Waals surface area contributed by atoms with Crippen molar-refractivity contribution < 1.29 is 32.5 Å². The lowest BCUT2D eigenvalue weighted by Crippen LogP contribution is -2.51. The Morgan fingerprint density at radius 1 is 1.19 bits per heavy atom. The highest BCUT2D eigenvalue weighted by Crippen LogP contribution is 2.34. The van der Waals surface area contributed by atoms with Crippen LogP contribution in [-0.4, -0.2) is 40.3 Å². The van der Waals surface area contributed by atoms with Gasteiger partial charge in [0, 0.05) is 18.1 Å². The minimum atomic E-state index is -4.86. The van der Waals surface area contributed by atoms with E-state index in [-0.39, 0.29) is 29.8 Å². The van der Waals surface area contributed by atoms with E-state index in [1.807, 2.05) is 0 Å². The average Bonchev–Trinajstić information content (AvgIpc) is 3.05. The molecule has 2 aromatic carbocycles. The number of halogens is 4. The molecule has 0 fully saturated rings. The molecule has 1 aliphatic rings. The van der Waals surface area contributed by atoms with E-state index in [2.05, 4.69) is 15.0 Å². The fraction of sp³-hybridized carbons (Fsp3) is 0.200. The Kier molecular flexibility index (Phi) is 5.61. The van der Waals surface area contributed by atoms with E-state index in [9.17, 15) is 23.1 Å². The molecule has 0 saturated heterocycles. The Hall–Kier alpha value is -3.44. The lowest BCUT2D eigenvalue weighted by Gasteiger charge is -2.29. The van der Waals surface area contributed by atoms with Gasteiger partial charge in [-0.05, 0) is 29.8 Å².